The van der Waals surface area contributed by atoms with Crippen LogP contribution in [0.1, 0.15) is 25.6 Å². The average Bonchev–Trinajstić information content (AvgIpc) is 2.78. The van der Waals surface area contributed by atoms with Gasteiger partial charge in [0.15, 0.2) is 5.75 Å². The van der Waals surface area contributed by atoms with E-state index in [0.29, 0.717) is 24.2 Å². The lowest BCUT2D eigenvalue weighted by atomic mass is 10.3. The fourth-order valence-corrected chi connectivity index (χ4v) is 1.40. The first-order valence-corrected chi connectivity index (χ1v) is 5.57. The summed E-state index contributed by atoms with van der Waals surface area (Å²) >= 11 is 0. The molecule has 0 atom stereocenters. The average molecular weight is 232 g/mol. The highest BCUT2D eigenvalue weighted by atomic mass is 16.5. The molecule has 2 aromatic rings. The molecule has 0 saturated heterocycles. The van der Waals surface area contributed by atoms with Crippen molar-refractivity contribution in [1.29, 1.82) is 0 Å². The molecular formula is C12H16N4O. The van der Waals surface area contributed by atoms with Crippen molar-refractivity contribution in [2.45, 2.75) is 26.4 Å². The van der Waals surface area contributed by atoms with E-state index in [9.17, 15) is 0 Å². The van der Waals surface area contributed by atoms with Crippen molar-refractivity contribution >= 4 is 0 Å². The van der Waals surface area contributed by atoms with Crippen LogP contribution in [0.15, 0.2) is 30.6 Å². The van der Waals surface area contributed by atoms with Gasteiger partial charge in [0.25, 0.3) is 0 Å². The minimum Gasteiger partial charge on any atom is -0.436 e. The summed E-state index contributed by atoms with van der Waals surface area (Å²) in [6.07, 6.45) is 3.53. The molecule has 5 heteroatoms. The van der Waals surface area contributed by atoms with Crippen LogP contribution in [-0.4, -0.2) is 14.8 Å². The smallest absolute Gasteiger partial charge is 0.219 e. The molecule has 0 aliphatic carbocycles. The Bertz CT molecular complexity index is 493. The van der Waals surface area contributed by atoms with E-state index in [2.05, 4.69) is 23.9 Å². The van der Waals surface area contributed by atoms with E-state index in [4.69, 9.17) is 10.5 Å². The molecule has 2 aromatic heterocycles. The van der Waals surface area contributed by atoms with Crippen LogP contribution in [0.3, 0.4) is 0 Å². The Morgan fingerprint density at radius 2 is 2.24 bits per heavy atom. The third-order valence-corrected chi connectivity index (χ3v) is 2.32. The molecule has 0 aromatic carbocycles. The van der Waals surface area contributed by atoms with Gasteiger partial charge < -0.3 is 10.5 Å². The Balaban J connectivity index is 2.13. The first-order chi connectivity index (χ1) is 8.19. The van der Waals surface area contributed by atoms with Crippen molar-refractivity contribution in [2.75, 3.05) is 0 Å². The molecule has 0 amide bonds. The summed E-state index contributed by atoms with van der Waals surface area (Å²) in [6.45, 7) is 4.52. The van der Waals surface area contributed by atoms with Crippen molar-refractivity contribution < 1.29 is 4.74 Å². The second kappa shape index (κ2) is 4.97. The van der Waals surface area contributed by atoms with E-state index < -0.39 is 0 Å². The molecule has 0 bridgehead atoms. The molecule has 0 unspecified atom stereocenters. The van der Waals surface area contributed by atoms with Gasteiger partial charge in [-0.3, -0.25) is 4.68 Å². The van der Waals surface area contributed by atoms with E-state index in [-0.39, 0.29) is 0 Å². The van der Waals surface area contributed by atoms with Gasteiger partial charge in [0.1, 0.15) is 0 Å². The Morgan fingerprint density at radius 3 is 2.88 bits per heavy atom. The van der Waals surface area contributed by atoms with Crippen molar-refractivity contribution in [1.82, 2.24) is 14.8 Å². The minimum absolute atomic E-state index is 0.315. The van der Waals surface area contributed by atoms with E-state index >= 15 is 0 Å². The fourth-order valence-electron chi connectivity index (χ4n) is 1.40. The zero-order chi connectivity index (χ0) is 12.3. The van der Waals surface area contributed by atoms with E-state index in [1.54, 1.807) is 12.3 Å². The Kier molecular flexibility index (Phi) is 3.39. The monoisotopic (exact) mass is 232 g/mol. The standard InChI is InChI=1S/C12H16N4O/c1-9(2)16-8-11(7-14-16)17-12-5-3-4-10(6-13)15-12/h3-5,7-9H,6,13H2,1-2H3. The summed E-state index contributed by atoms with van der Waals surface area (Å²) in [5.74, 6) is 1.22. The third kappa shape index (κ3) is 2.82. The zero-order valence-electron chi connectivity index (χ0n) is 10.00. The normalized spacial score (nSPS) is 10.8. The van der Waals surface area contributed by atoms with E-state index in [0.717, 1.165) is 5.69 Å². The summed E-state index contributed by atoms with van der Waals surface area (Å²) in [6, 6.07) is 5.85. The lowest BCUT2D eigenvalue weighted by Gasteiger charge is -2.04. The van der Waals surface area contributed by atoms with Crippen LogP contribution in [0.5, 0.6) is 11.6 Å². The first kappa shape index (κ1) is 11.6. The largest absolute Gasteiger partial charge is 0.436 e. The number of aromatic nitrogens is 3. The molecule has 0 fully saturated rings. The summed E-state index contributed by atoms with van der Waals surface area (Å²) in [4.78, 5) is 4.26. The Morgan fingerprint density at radius 1 is 1.41 bits per heavy atom. The number of rotatable bonds is 4. The van der Waals surface area contributed by atoms with Gasteiger partial charge in [-0.1, -0.05) is 6.07 Å². The van der Waals surface area contributed by atoms with Gasteiger partial charge in [0.2, 0.25) is 5.88 Å². The maximum absolute atomic E-state index is 5.60. The van der Waals surface area contributed by atoms with E-state index in [1.165, 1.54) is 0 Å². The maximum Gasteiger partial charge on any atom is 0.219 e. The van der Waals surface area contributed by atoms with Crippen LogP contribution >= 0.6 is 0 Å². The molecule has 17 heavy (non-hydrogen) atoms. The van der Waals surface area contributed by atoms with Gasteiger partial charge in [0.05, 0.1) is 18.1 Å². The van der Waals surface area contributed by atoms with Gasteiger partial charge in [0, 0.05) is 18.7 Å². The molecule has 2 heterocycles. The molecular weight excluding hydrogens is 216 g/mol. The van der Waals surface area contributed by atoms with E-state index in [1.807, 2.05) is 23.0 Å². The lowest BCUT2D eigenvalue weighted by molar-refractivity contribution is 0.457. The van der Waals surface area contributed by atoms with Crippen molar-refractivity contribution in [3.05, 3.63) is 36.3 Å². The fraction of sp³-hybridized carbons (Fsp3) is 0.333. The van der Waals surface area contributed by atoms with Crippen LogP contribution in [-0.2, 0) is 6.54 Å². The van der Waals surface area contributed by atoms with Crippen LogP contribution in [0.25, 0.3) is 0 Å². The molecule has 0 aliphatic rings. The highest BCUT2D eigenvalue weighted by Gasteiger charge is 2.04. The van der Waals surface area contributed by atoms with Crippen LogP contribution < -0.4 is 10.5 Å². The number of hydrogen-bond acceptors (Lipinski definition) is 4. The summed E-state index contributed by atoms with van der Waals surface area (Å²) in [5.41, 5.74) is 6.33. The van der Waals surface area contributed by atoms with Gasteiger partial charge in [-0.2, -0.15) is 5.10 Å². The third-order valence-electron chi connectivity index (χ3n) is 2.32. The predicted octanol–water partition coefficient (Wildman–Crippen LogP) is 2.11. The molecule has 0 spiro atoms. The van der Waals surface area contributed by atoms with Crippen LogP contribution in [0.2, 0.25) is 0 Å². The zero-order valence-corrected chi connectivity index (χ0v) is 10.00. The van der Waals surface area contributed by atoms with Gasteiger partial charge in [-0.15, -0.1) is 0 Å². The first-order valence-electron chi connectivity index (χ1n) is 5.57. The SMILES string of the molecule is CC(C)n1cc(Oc2cccc(CN)n2)cn1. The second-order valence-electron chi connectivity index (χ2n) is 4.02. The highest BCUT2D eigenvalue weighted by molar-refractivity contribution is 5.23. The topological polar surface area (TPSA) is 66.0 Å². The molecule has 0 saturated carbocycles. The number of nitrogens with two attached hydrogens (primary N) is 1. The number of pyridine rings is 1. The molecule has 90 valence electrons. The Hall–Kier alpha value is -1.88. The van der Waals surface area contributed by atoms with Crippen molar-refractivity contribution in [3.8, 4) is 11.6 Å². The molecule has 2 rings (SSSR count). The van der Waals surface area contributed by atoms with Gasteiger partial charge in [-0.25, -0.2) is 4.98 Å². The van der Waals surface area contributed by atoms with Crippen LogP contribution in [0, 0.1) is 0 Å². The molecule has 0 aliphatic heterocycles. The summed E-state index contributed by atoms with van der Waals surface area (Å²) in [7, 11) is 0. The van der Waals surface area contributed by atoms with Gasteiger partial charge in [-0.05, 0) is 19.9 Å². The van der Waals surface area contributed by atoms with Crippen molar-refractivity contribution in [3.63, 3.8) is 0 Å². The summed E-state index contributed by atoms with van der Waals surface area (Å²) in [5, 5.41) is 4.19. The molecule has 5 nitrogen and oxygen atoms in total. The predicted molar refractivity (Wildman–Crippen MR) is 64.8 cm³/mol. The number of ether oxygens (including phenoxy) is 1. The Labute approximate surface area is 100 Å². The number of hydrogen-bond donors (Lipinski definition) is 1. The van der Waals surface area contributed by atoms with Gasteiger partial charge >= 0.3 is 0 Å². The van der Waals surface area contributed by atoms with Crippen LogP contribution in [0.4, 0.5) is 0 Å². The highest BCUT2D eigenvalue weighted by Crippen LogP contribution is 2.19. The molecule has 0 radical (unpaired) electrons. The quantitative estimate of drug-likeness (QED) is 0.876. The lowest BCUT2D eigenvalue weighted by Crippen LogP contribution is -2.00. The second-order valence-corrected chi connectivity index (χ2v) is 4.02. The molecule has 2 N–H and O–H groups in total. The van der Waals surface area contributed by atoms with Crippen molar-refractivity contribution in [2.24, 2.45) is 5.73 Å². The summed E-state index contributed by atoms with van der Waals surface area (Å²) < 4.78 is 7.44. The minimum atomic E-state index is 0.315. The maximum atomic E-state index is 5.60. The number of nitrogens with zero attached hydrogens (tertiary/aromatic N) is 3.